The predicted octanol–water partition coefficient (Wildman–Crippen LogP) is 3.96. The molecule has 2 aromatic carbocycles. The topological polar surface area (TPSA) is 61.7 Å². The number of aromatic hydroxyl groups is 1. The smallest absolute Gasteiger partial charge is 0.160 e. The Morgan fingerprint density at radius 3 is 2.62 bits per heavy atom. The number of halogens is 2. The number of aliphatic hydroxyl groups is 1. The molecule has 0 aliphatic heterocycles. The van der Waals surface area contributed by atoms with Crippen molar-refractivity contribution in [1.82, 2.24) is 0 Å². The van der Waals surface area contributed by atoms with Crippen LogP contribution < -0.4 is 10.1 Å². The molecule has 0 saturated carbocycles. The number of aliphatic hydroxyl groups excluding tert-OH is 1. The van der Waals surface area contributed by atoms with Crippen LogP contribution in [0.3, 0.4) is 0 Å². The van der Waals surface area contributed by atoms with Gasteiger partial charge in [-0.15, -0.1) is 0 Å². The molecule has 0 fully saturated rings. The highest BCUT2D eigenvalue weighted by Crippen LogP contribution is 2.31. The number of anilines is 1. The number of phenols is 1. The zero-order valence-electron chi connectivity index (χ0n) is 11.3. The molecule has 1 unspecified atom stereocenters. The van der Waals surface area contributed by atoms with Crippen molar-refractivity contribution in [3.63, 3.8) is 0 Å². The molecule has 0 amide bonds. The molecule has 0 spiro atoms. The first-order chi connectivity index (χ1) is 10.0. The zero-order valence-corrected chi connectivity index (χ0v) is 13.6. The third-order valence-electron chi connectivity index (χ3n) is 3.05. The summed E-state index contributed by atoms with van der Waals surface area (Å²) >= 11 is 9.30. The van der Waals surface area contributed by atoms with Gasteiger partial charge < -0.3 is 20.3 Å². The van der Waals surface area contributed by atoms with Gasteiger partial charge in [0.1, 0.15) is 0 Å². The molecule has 1 atom stereocenters. The number of ether oxygens (including phenoxy) is 1. The monoisotopic (exact) mass is 371 g/mol. The Kier molecular flexibility index (Phi) is 5.33. The second kappa shape index (κ2) is 7.02. The van der Waals surface area contributed by atoms with Crippen LogP contribution in [0.4, 0.5) is 5.69 Å². The molecule has 21 heavy (non-hydrogen) atoms. The van der Waals surface area contributed by atoms with Gasteiger partial charge in [-0.05, 0) is 51.8 Å². The number of benzene rings is 2. The van der Waals surface area contributed by atoms with Crippen molar-refractivity contribution in [1.29, 1.82) is 0 Å². The van der Waals surface area contributed by atoms with Gasteiger partial charge in [-0.25, -0.2) is 0 Å². The lowest BCUT2D eigenvalue weighted by Gasteiger charge is -2.19. The summed E-state index contributed by atoms with van der Waals surface area (Å²) in [6, 6.07) is 10.1. The molecular weight excluding hydrogens is 358 g/mol. The van der Waals surface area contributed by atoms with Gasteiger partial charge in [-0.3, -0.25) is 0 Å². The van der Waals surface area contributed by atoms with E-state index < -0.39 is 0 Å². The van der Waals surface area contributed by atoms with Crippen LogP contribution in [0.25, 0.3) is 0 Å². The maximum atomic E-state index is 9.82. The molecule has 0 aliphatic carbocycles. The molecule has 0 aromatic heterocycles. The fraction of sp³-hybridized carbons (Fsp3) is 0.200. The van der Waals surface area contributed by atoms with Gasteiger partial charge in [0.25, 0.3) is 0 Å². The van der Waals surface area contributed by atoms with Crippen LogP contribution in [0.1, 0.15) is 11.6 Å². The summed E-state index contributed by atoms with van der Waals surface area (Å²) in [6.07, 6.45) is 0. The summed E-state index contributed by atoms with van der Waals surface area (Å²) in [6.45, 7) is -0.119. The minimum absolute atomic E-state index is 0.0348. The molecule has 4 nitrogen and oxygen atoms in total. The van der Waals surface area contributed by atoms with E-state index in [0.29, 0.717) is 10.8 Å². The third-order valence-corrected chi connectivity index (χ3v) is 4.26. The Balaban J connectivity index is 2.23. The standard InChI is InChI=1S/C15H15BrClNO3/c1-21-15-5-2-9(6-14(15)20)13(8-19)18-10-3-4-12(17)11(16)7-10/h2-7,13,18-20H,8H2,1H3. The predicted molar refractivity (Wildman–Crippen MR) is 87.3 cm³/mol. The summed E-state index contributed by atoms with van der Waals surface area (Å²) in [7, 11) is 1.49. The lowest BCUT2D eigenvalue weighted by Crippen LogP contribution is -2.14. The Morgan fingerprint density at radius 1 is 1.29 bits per heavy atom. The molecule has 0 saturated heterocycles. The van der Waals surface area contributed by atoms with E-state index in [4.69, 9.17) is 16.3 Å². The molecule has 2 aromatic rings. The summed E-state index contributed by atoms with van der Waals surface area (Å²) in [5.41, 5.74) is 1.56. The molecule has 0 aliphatic rings. The average Bonchev–Trinajstić information content (AvgIpc) is 2.48. The summed E-state index contributed by atoms with van der Waals surface area (Å²) in [5.74, 6) is 0.428. The van der Waals surface area contributed by atoms with Gasteiger partial charge >= 0.3 is 0 Å². The molecule has 3 N–H and O–H groups in total. The van der Waals surface area contributed by atoms with Crippen LogP contribution in [0, 0.1) is 0 Å². The normalized spacial score (nSPS) is 12.0. The molecule has 0 radical (unpaired) electrons. The number of methoxy groups -OCH3 is 1. The SMILES string of the molecule is COc1ccc(C(CO)Nc2ccc(Cl)c(Br)c2)cc1O. The average molecular weight is 373 g/mol. The van der Waals surface area contributed by atoms with Gasteiger partial charge in [-0.1, -0.05) is 17.7 Å². The first-order valence-corrected chi connectivity index (χ1v) is 7.41. The number of rotatable bonds is 5. The Morgan fingerprint density at radius 2 is 2.05 bits per heavy atom. The van der Waals surface area contributed by atoms with Crippen molar-refractivity contribution >= 4 is 33.2 Å². The molecule has 2 rings (SSSR count). The number of hydrogen-bond donors (Lipinski definition) is 3. The van der Waals surface area contributed by atoms with E-state index >= 15 is 0 Å². The van der Waals surface area contributed by atoms with Crippen molar-refractivity contribution in [2.75, 3.05) is 19.0 Å². The van der Waals surface area contributed by atoms with Crippen LogP contribution >= 0.6 is 27.5 Å². The Bertz CT molecular complexity index is 636. The third kappa shape index (κ3) is 3.81. The van der Waals surface area contributed by atoms with E-state index in [1.807, 2.05) is 12.1 Å². The quantitative estimate of drug-likeness (QED) is 0.743. The van der Waals surface area contributed by atoms with E-state index in [1.54, 1.807) is 24.3 Å². The van der Waals surface area contributed by atoms with Gasteiger partial charge in [0, 0.05) is 10.2 Å². The van der Waals surface area contributed by atoms with E-state index in [1.165, 1.54) is 7.11 Å². The Hall–Kier alpha value is -1.43. The number of hydrogen-bond acceptors (Lipinski definition) is 4. The van der Waals surface area contributed by atoms with Crippen LogP contribution in [0.5, 0.6) is 11.5 Å². The van der Waals surface area contributed by atoms with Crippen molar-refractivity contribution < 1.29 is 14.9 Å². The first kappa shape index (κ1) is 15.9. The van der Waals surface area contributed by atoms with E-state index in [-0.39, 0.29) is 18.4 Å². The van der Waals surface area contributed by atoms with Crippen molar-refractivity contribution in [3.8, 4) is 11.5 Å². The van der Waals surface area contributed by atoms with Gasteiger partial charge in [-0.2, -0.15) is 0 Å². The summed E-state index contributed by atoms with van der Waals surface area (Å²) in [5, 5.41) is 23.2. The minimum atomic E-state index is -0.352. The van der Waals surface area contributed by atoms with Gasteiger partial charge in [0.05, 0.1) is 24.8 Å². The fourth-order valence-electron chi connectivity index (χ4n) is 1.95. The maximum Gasteiger partial charge on any atom is 0.160 e. The second-order valence-electron chi connectivity index (χ2n) is 4.44. The van der Waals surface area contributed by atoms with Crippen LogP contribution in [0.2, 0.25) is 5.02 Å². The highest BCUT2D eigenvalue weighted by molar-refractivity contribution is 9.10. The van der Waals surface area contributed by atoms with Crippen LogP contribution in [0.15, 0.2) is 40.9 Å². The molecule has 6 heteroatoms. The Labute approximate surface area is 136 Å². The van der Waals surface area contributed by atoms with Gasteiger partial charge in [0.2, 0.25) is 0 Å². The first-order valence-electron chi connectivity index (χ1n) is 6.24. The highest BCUT2D eigenvalue weighted by atomic mass is 79.9. The van der Waals surface area contributed by atoms with Crippen molar-refractivity contribution in [2.45, 2.75) is 6.04 Å². The lowest BCUT2D eigenvalue weighted by atomic mass is 10.1. The number of phenolic OH excluding ortho intramolecular Hbond substituents is 1. The fourth-order valence-corrected chi connectivity index (χ4v) is 2.44. The molecule has 0 bridgehead atoms. The molecule has 112 valence electrons. The lowest BCUT2D eigenvalue weighted by molar-refractivity contribution is 0.276. The maximum absolute atomic E-state index is 9.82. The van der Waals surface area contributed by atoms with Gasteiger partial charge in [0.15, 0.2) is 11.5 Å². The van der Waals surface area contributed by atoms with Crippen LogP contribution in [-0.2, 0) is 0 Å². The molecular formula is C15H15BrClNO3. The summed E-state index contributed by atoms with van der Waals surface area (Å²) in [4.78, 5) is 0. The van der Waals surface area contributed by atoms with Crippen LogP contribution in [-0.4, -0.2) is 23.9 Å². The minimum Gasteiger partial charge on any atom is -0.504 e. The van der Waals surface area contributed by atoms with E-state index in [0.717, 1.165) is 15.7 Å². The van der Waals surface area contributed by atoms with Crippen molar-refractivity contribution in [2.24, 2.45) is 0 Å². The molecule has 0 heterocycles. The zero-order chi connectivity index (χ0) is 15.4. The largest absolute Gasteiger partial charge is 0.504 e. The second-order valence-corrected chi connectivity index (χ2v) is 5.70. The number of nitrogens with one attached hydrogen (secondary N) is 1. The van der Waals surface area contributed by atoms with Crippen molar-refractivity contribution in [3.05, 3.63) is 51.5 Å². The van der Waals surface area contributed by atoms with E-state index in [9.17, 15) is 10.2 Å². The summed E-state index contributed by atoms with van der Waals surface area (Å²) < 4.78 is 5.77. The highest BCUT2D eigenvalue weighted by Gasteiger charge is 2.13. The van der Waals surface area contributed by atoms with E-state index in [2.05, 4.69) is 21.2 Å².